The maximum atomic E-state index is 12.3. The Labute approximate surface area is 136 Å². The highest BCUT2D eigenvalue weighted by molar-refractivity contribution is 9.09. The lowest BCUT2D eigenvalue weighted by molar-refractivity contribution is -0.109. The standard InChI is InChI=1S/C16H14BrNO4/c17-15-14(19)13(11-7-3-1-4-8-11)18(22-15)16(20)21-12-9-5-2-6-10-12/h1-10,13-15,19H/t13-,14-,15+/m0/s1. The quantitative estimate of drug-likeness (QED) is 0.832. The van der Waals surface area contributed by atoms with E-state index in [2.05, 4.69) is 15.9 Å². The van der Waals surface area contributed by atoms with Crippen LogP contribution in [0, 0.1) is 0 Å². The molecular formula is C16H14BrNO4. The van der Waals surface area contributed by atoms with Gasteiger partial charge in [0.1, 0.15) is 17.9 Å². The molecular weight excluding hydrogens is 350 g/mol. The van der Waals surface area contributed by atoms with Crippen molar-refractivity contribution in [2.45, 2.75) is 17.2 Å². The highest BCUT2D eigenvalue weighted by atomic mass is 79.9. The third kappa shape index (κ3) is 2.99. The van der Waals surface area contributed by atoms with E-state index in [1.54, 1.807) is 24.3 Å². The van der Waals surface area contributed by atoms with Crippen molar-refractivity contribution >= 4 is 22.0 Å². The molecule has 5 nitrogen and oxygen atoms in total. The summed E-state index contributed by atoms with van der Waals surface area (Å²) in [6, 6.07) is 17.3. The van der Waals surface area contributed by atoms with E-state index in [4.69, 9.17) is 9.57 Å². The van der Waals surface area contributed by atoms with E-state index in [1.165, 1.54) is 0 Å². The van der Waals surface area contributed by atoms with Crippen molar-refractivity contribution in [3.05, 3.63) is 66.2 Å². The van der Waals surface area contributed by atoms with Crippen LogP contribution in [0.15, 0.2) is 60.7 Å². The summed E-state index contributed by atoms with van der Waals surface area (Å²) in [5.74, 6) is 0.412. The fourth-order valence-electron chi connectivity index (χ4n) is 2.29. The molecule has 0 aliphatic carbocycles. The Balaban J connectivity index is 1.83. The third-order valence-electron chi connectivity index (χ3n) is 3.33. The number of carbonyl (C=O) groups is 1. The second kappa shape index (κ2) is 6.48. The monoisotopic (exact) mass is 363 g/mol. The SMILES string of the molecule is O=C(Oc1ccccc1)N1O[C@@H](Br)[C@@H](O)[C@@H]1c1ccccc1. The molecule has 1 aliphatic heterocycles. The van der Waals surface area contributed by atoms with Crippen LogP contribution in [0.3, 0.4) is 0 Å². The van der Waals surface area contributed by atoms with Gasteiger partial charge in [-0.25, -0.2) is 9.63 Å². The van der Waals surface area contributed by atoms with Crippen LogP contribution >= 0.6 is 15.9 Å². The van der Waals surface area contributed by atoms with Crippen LogP contribution < -0.4 is 4.74 Å². The molecule has 1 aliphatic rings. The largest absolute Gasteiger partial charge is 0.440 e. The second-order valence-electron chi connectivity index (χ2n) is 4.81. The van der Waals surface area contributed by atoms with Crippen molar-refractivity contribution in [1.29, 1.82) is 0 Å². The van der Waals surface area contributed by atoms with Crippen molar-refractivity contribution < 1.29 is 19.5 Å². The number of carbonyl (C=O) groups excluding carboxylic acids is 1. The minimum atomic E-state index is -0.897. The Hall–Kier alpha value is -1.89. The van der Waals surface area contributed by atoms with Gasteiger partial charge in [-0.2, -0.15) is 5.06 Å². The summed E-state index contributed by atoms with van der Waals surface area (Å²) >= 11 is 3.21. The molecule has 0 spiro atoms. The van der Waals surface area contributed by atoms with Crippen LogP contribution in [-0.4, -0.2) is 27.4 Å². The van der Waals surface area contributed by atoms with Crippen molar-refractivity contribution in [3.8, 4) is 5.75 Å². The fourth-order valence-corrected chi connectivity index (χ4v) is 2.76. The van der Waals surface area contributed by atoms with E-state index < -0.39 is 23.3 Å². The van der Waals surface area contributed by atoms with Gasteiger partial charge in [0.2, 0.25) is 0 Å². The number of nitrogens with zero attached hydrogens (tertiary/aromatic N) is 1. The Kier molecular flexibility index (Phi) is 4.42. The van der Waals surface area contributed by atoms with Crippen LogP contribution in [0.25, 0.3) is 0 Å². The lowest BCUT2D eigenvalue weighted by Gasteiger charge is -2.23. The molecule has 114 valence electrons. The normalized spacial score (nSPS) is 24.3. The van der Waals surface area contributed by atoms with Gasteiger partial charge in [0.15, 0.2) is 5.01 Å². The average molecular weight is 364 g/mol. The van der Waals surface area contributed by atoms with Crippen molar-refractivity contribution in [3.63, 3.8) is 0 Å². The van der Waals surface area contributed by atoms with Gasteiger partial charge in [-0.05, 0) is 17.7 Å². The Bertz CT molecular complexity index is 637. The predicted molar refractivity (Wildman–Crippen MR) is 83.3 cm³/mol. The zero-order valence-electron chi connectivity index (χ0n) is 11.5. The van der Waals surface area contributed by atoms with E-state index >= 15 is 0 Å². The number of halogens is 1. The molecule has 0 aromatic heterocycles. The van der Waals surface area contributed by atoms with Crippen molar-refractivity contribution in [1.82, 2.24) is 5.06 Å². The van der Waals surface area contributed by atoms with E-state index in [9.17, 15) is 9.90 Å². The first-order chi connectivity index (χ1) is 10.7. The lowest BCUT2D eigenvalue weighted by atomic mass is 10.0. The van der Waals surface area contributed by atoms with Gasteiger partial charge in [-0.15, -0.1) is 0 Å². The number of hydrogen-bond acceptors (Lipinski definition) is 4. The second-order valence-corrected chi connectivity index (χ2v) is 5.71. The molecule has 2 aromatic carbocycles. The summed E-state index contributed by atoms with van der Waals surface area (Å²) in [7, 11) is 0. The van der Waals surface area contributed by atoms with Gasteiger partial charge >= 0.3 is 6.09 Å². The van der Waals surface area contributed by atoms with E-state index in [0.29, 0.717) is 5.75 Å². The molecule has 6 heteroatoms. The summed E-state index contributed by atoms with van der Waals surface area (Å²) in [5.41, 5.74) is 0.766. The smallest absolute Gasteiger partial charge is 0.409 e. The summed E-state index contributed by atoms with van der Waals surface area (Å²) in [4.78, 5) is 17.7. The van der Waals surface area contributed by atoms with Crippen LogP contribution in [0.2, 0.25) is 0 Å². The minimum absolute atomic E-state index is 0.412. The number of benzene rings is 2. The Morgan fingerprint density at radius 3 is 2.32 bits per heavy atom. The molecule has 3 rings (SSSR count). The number of alkyl halides is 1. The topological polar surface area (TPSA) is 59.0 Å². The minimum Gasteiger partial charge on any atom is -0.409 e. The van der Waals surface area contributed by atoms with Gasteiger partial charge in [-0.1, -0.05) is 64.5 Å². The molecule has 0 bridgehead atoms. The zero-order chi connectivity index (χ0) is 15.5. The van der Waals surface area contributed by atoms with Gasteiger partial charge < -0.3 is 9.84 Å². The molecule has 0 radical (unpaired) electrons. The highest BCUT2D eigenvalue weighted by Crippen LogP contribution is 2.37. The molecule has 2 aromatic rings. The van der Waals surface area contributed by atoms with Gasteiger partial charge in [0.05, 0.1) is 0 Å². The molecule has 0 unspecified atom stereocenters. The molecule has 1 saturated heterocycles. The summed E-state index contributed by atoms with van der Waals surface area (Å²) in [6.45, 7) is 0. The third-order valence-corrected chi connectivity index (χ3v) is 4.04. The molecule has 1 heterocycles. The molecule has 3 atom stereocenters. The first-order valence-corrected chi connectivity index (χ1v) is 7.68. The number of aliphatic hydroxyl groups excluding tert-OH is 1. The fraction of sp³-hybridized carbons (Fsp3) is 0.188. The lowest BCUT2D eigenvalue weighted by Crippen LogP contribution is -2.34. The molecule has 1 amide bonds. The predicted octanol–water partition coefficient (Wildman–Crippen LogP) is 3.26. The zero-order valence-corrected chi connectivity index (χ0v) is 13.1. The van der Waals surface area contributed by atoms with E-state index in [-0.39, 0.29) is 0 Å². The summed E-state index contributed by atoms with van der Waals surface area (Å²) in [5, 5.41) is 10.7. The number of amides is 1. The first-order valence-electron chi connectivity index (χ1n) is 6.77. The number of para-hydroxylation sites is 1. The number of hydrogen-bond donors (Lipinski definition) is 1. The number of hydroxylamine groups is 2. The van der Waals surface area contributed by atoms with Gasteiger partial charge in [0, 0.05) is 0 Å². The van der Waals surface area contributed by atoms with Crippen LogP contribution in [0.5, 0.6) is 5.75 Å². The first kappa shape index (κ1) is 15.0. The van der Waals surface area contributed by atoms with Crippen LogP contribution in [0.1, 0.15) is 11.6 Å². The molecule has 0 saturated carbocycles. The van der Waals surface area contributed by atoms with Crippen molar-refractivity contribution in [2.24, 2.45) is 0 Å². The number of aliphatic hydroxyl groups is 1. The van der Waals surface area contributed by atoms with Gasteiger partial charge in [-0.3, -0.25) is 0 Å². The Morgan fingerprint density at radius 2 is 1.68 bits per heavy atom. The van der Waals surface area contributed by atoms with Crippen molar-refractivity contribution in [2.75, 3.05) is 0 Å². The van der Waals surface area contributed by atoms with E-state index in [0.717, 1.165) is 10.6 Å². The van der Waals surface area contributed by atoms with Crippen LogP contribution in [-0.2, 0) is 4.84 Å². The maximum Gasteiger partial charge on any atom is 0.440 e. The Morgan fingerprint density at radius 1 is 1.09 bits per heavy atom. The summed E-state index contributed by atoms with van der Waals surface area (Å²) < 4.78 is 5.28. The molecule has 1 fully saturated rings. The van der Waals surface area contributed by atoms with Crippen LogP contribution in [0.4, 0.5) is 4.79 Å². The number of ether oxygens (including phenoxy) is 1. The summed E-state index contributed by atoms with van der Waals surface area (Å²) in [6.07, 6.45) is -1.58. The highest BCUT2D eigenvalue weighted by Gasteiger charge is 2.45. The van der Waals surface area contributed by atoms with E-state index in [1.807, 2.05) is 36.4 Å². The molecule has 1 N–H and O–H groups in total. The molecule has 22 heavy (non-hydrogen) atoms. The average Bonchev–Trinajstić information content (AvgIpc) is 2.85. The maximum absolute atomic E-state index is 12.3. The number of rotatable bonds is 2. The van der Waals surface area contributed by atoms with Gasteiger partial charge in [0.25, 0.3) is 0 Å².